The van der Waals surface area contributed by atoms with E-state index in [-0.39, 0.29) is 12.2 Å². The van der Waals surface area contributed by atoms with Gasteiger partial charge in [0.2, 0.25) is 0 Å². The monoisotopic (exact) mass is 190 g/mol. The van der Waals surface area contributed by atoms with Crippen LogP contribution in [0.25, 0.3) is 0 Å². The summed E-state index contributed by atoms with van der Waals surface area (Å²) in [5.74, 6) is -0.677. The number of rotatable bonds is 4. The van der Waals surface area contributed by atoms with E-state index in [4.69, 9.17) is 4.74 Å². The van der Waals surface area contributed by atoms with Crippen LogP contribution in [-0.2, 0) is 20.9 Å². The zero-order chi connectivity index (χ0) is 10.4. The van der Waals surface area contributed by atoms with E-state index in [1.165, 1.54) is 0 Å². The molecule has 1 aromatic rings. The van der Waals surface area contributed by atoms with E-state index in [0.29, 0.717) is 6.29 Å². The van der Waals surface area contributed by atoms with E-state index in [0.717, 1.165) is 5.56 Å². The summed E-state index contributed by atoms with van der Waals surface area (Å²) in [5, 5.41) is 0. The molecule has 0 spiro atoms. The van der Waals surface area contributed by atoms with Crippen molar-refractivity contribution in [3.05, 3.63) is 48.0 Å². The Bertz CT molecular complexity index is 341. The van der Waals surface area contributed by atoms with Gasteiger partial charge < -0.3 is 4.74 Å². The molecule has 3 nitrogen and oxygen atoms in total. The normalized spacial score (nSPS) is 9.14. The predicted molar refractivity (Wildman–Crippen MR) is 51.4 cm³/mol. The van der Waals surface area contributed by atoms with Crippen molar-refractivity contribution in [2.45, 2.75) is 6.61 Å². The molecule has 0 aliphatic rings. The van der Waals surface area contributed by atoms with Crippen molar-refractivity contribution < 1.29 is 14.3 Å². The number of aldehydes is 1. The lowest BCUT2D eigenvalue weighted by Crippen LogP contribution is -2.07. The molecule has 0 N–H and O–H groups in total. The summed E-state index contributed by atoms with van der Waals surface area (Å²) in [6.07, 6.45) is 0.382. The summed E-state index contributed by atoms with van der Waals surface area (Å²) in [4.78, 5) is 21.2. The summed E-state index contributed by atoms with van der Waals surface area (Å²) < 4.78 is 4.81. The lowest BCUT2D eigenvalue weighted by molar-refractivity contribution is -0.140. The Morgan fingerprint density at radius 2 is 2.00 bits per heavy atom. The maximum Gasteiger partial charge on any atom is 0.341 e. The van der Waals surface area contributed by atoms with Crippen LogP contribution in [-0.4, -0.2) is 12.3 Å². The molecule has 0 aliphatic carbocycles. The van der Waals surface area contributed by atoms with Gasteiger partial charge in [0.25, 0.3) is 0 Å². The van der Waals surface area contributed by atoms with Gasteiger partial charge in [0.15, 0.2) is 6.29 Å². The van der Waals surface area contributed by atoms with Crippen LogP contribution in [0.2, 0.25) is 0 Å². The molecule has 0 aliphatic heterocycles. The average molecular weight is 190 g/mol. The van der Waals surface area contributed by atoms with E-state index in [1.807, 2.05) is 30.3 Å². The highest BCUT2D eigenvalue weighted by molar-refractivity contribution is 6.06. The number of benzene rings is 1. The second-order valence-electron chi connectivity index (χ2n) is 2.70. The van der Waals surface area contributed by atoms with Crippen molar-refractivity contribution in [1.82, 2.24) is 0 Å². The highest BCUT2D eigenvalue weighted by Gasteiger charge is 2.06. The van der Waals surface area contributed by atoms with Gasteiger partial charge in [-0.2, -0.15) is 0 Å². The molecule has 0 heterocycles. The van der Waals surface area contributed by atoms with Crippen LogP contribution in [0.15, 0.2) is 42.5 Å². The van der Waals surface area contributed by atoms with Gasteiger partial charge >= 0.3 is 5.97 Å². The first-order valence-corrected chi connectivity index (χ1v) is 4.09. The fourth-order valence-electron chi connectivity index (χ4n) is 0.864. The van der Waals surface area contributed by atoms with Crippen molar-refractivity contribution in [2.75, 3.05) is 0 Å². The summed E-state index contributed by atoms with van der Waals surface area (Å²) in [7, 11) is 0. The van der Waals surface area contributed by atoms with Crippen LogP contribution in [0.1, 0.15) is 5.56 Å². The molecule has 0 unspecified atom stereocenters. The Hall–Kier alpha value is -1.90. The molecule has 1 aromatic carbocycles. The topological polar surface area (TPSA) is 43.4 Å². The third-order valence-corrected chi connectivity index (χ3v) is 1.62. The first-order valence-electron chi connectivity index (χ1n) is 4.09. The molecule has 3 heteroatoms. The van der Waals surface area contributed by atoms with Crippen molar-refractivity contribution >= 4 is 12.3 Å². The number of ether oxygens (including phenoxy) is 1. The summed E-state index contributed by atoms with van der Waals surface area (Å²) in [6, 6.07) is 9.22. The zero-order valence-corrected chi connectivity index (χ0v) is 7.60. The van der Waals surface area contributed by atoms with Crippen LogP contribution in [0, 0.1) is 0 Å². The molecule has 0 radical (unpaired) electrons. The molecule has 0 amide bonds. The quantitative estimate of drug-likeness (QED) is 0.237. The first-order chi connectivity index (χ1) is 6.74. The average Bonchev–Trinajstić information content (AvgIpc) is 2.26. The number of carbonyl (C=O) groups is 2. The maximum atomic E-state index is 11.0. The fourth-order valence-corrected chi connectivity index (χ4v) is 0.864. The zero-order valence-electron chi connectivity index (χ0n) is 7.60. The lowest BCUT2D eigenvalue weighted by Gasteiger charge is -2.02. The molecular formula is C11H10O3. The van der Waals surface area contributed by atoms with Gasteiger partial charge in [-0.15, -0.1) is 0 Å². The van der Waals surface area contributed by atoms with Crippen LogP contribution in [0.5, 0.6) is 0 Å². The summed E-state index contributed by atoms with van der Waals surface area (Å²) in [6.45, 7) is 3.40. The van der Waals surface area contributed by atoms with E-state index in [9.17, 15) is 9.59 Å². The van der Waals surface area contributed by atoms with Crippen LogP contribution < -0.4 is 0 Å². The highest BCUT2D eigenvalue weighted by atomic mass is 16.5. The van der Waals surface area contributed by atoms with Crippen LogP contribution >= 0.6 is 0 Å². The van der Waals surface area contributed by atoms with Crippen molar-refractivity contribution in [2.24, 2.45) is 0 Å². The highest BCUT2D eigenvalue weighted by Crippen LogP contribution is 2.02. The molecule has 0 saturated carbocycles. The molecule has 0 bridgehead atoms. The predicted octanol–water partition coefficient (Wildman–Crippen LogP) is 1.48. The van der Waals surface area contributed by atoms with Gasteiger partial charge in [0, 0.05) is 0 Å². The minimum Gasteiger partial charge on any atom is -0.457 e. The summed E-state index contributed by atoms with van der Waals surface area (Å²) in [5.41, 5.74) is 0.709. The number of carbonyl (C=O) groups excluding carboxylic acids is 2. The van der Waals surface area contributed by atoms with E-state index >= 15 is 0 Å². The SMILES string of the molecule is C=C(C=O)C(=O)OCc1ccccc1. The van der Waals surface area contributed by atoms with Crippen LogP contribution in [0.4, 0.5) is 0 Å². The minimum absolute atomic E-state index is 0.159. The second-order valence-corrected chi connectivity index (χ2v) is 2.70. The molecule has 0 saturated heterocycles. The smallest absolute Gasteiger partial charge is 0.341 e. The van der Waals surface area contributed by atoms with Gasteiger partial charge in [0.05, 0.1) is 5.57 Å². The molecule has 0 atom stereocenters. The van der Waals surface area contributed by atoms with E-state index in [2.05, 4.69) is 6.58 Å². The molecule has 0 fully saturated rings. The molecule has 14 heavy (non-hydrogen) atoms. The van der Waals surface area contributed by atoms with Crippen molar-refractivity contribution in [1.29, 1.82) is 0 Å². The third-order valence-electron chi connectivity index (χ3n) is 1.62. The Labute approximate surface area is 82.0 Å². The Balaban J connectivity index is 2.46. The van der Waals surface area contributed by atoms with Gasteiger partial charge in [0.1, 0.15) is 6.61 Å². The number of esters is 1. The number of hydrogen-bond donors (Lipinski definition) is 0. The molecule has 1 rings (SSSR count). The second kappa shape index (κ2) is 4.97. The summed E-state index contributed by atoms with van der Waals surface area (Å²) >= 11 is 0. The fraction of sp³-hybridized carbons (Fsp3) is 0.0909. The van der Waals surface area contributed by atoms with Crippen molar-refractivity contribution in [3.63, 3.8) is 0 Å². The standard InChI is InChI=1S/C11H10O3/c1-9(7-12)11(13)14-8-10-5-3-2-4-6-10/h2-7H,1,8H2. The Morgan fingerprint density at radius 3 is 2.57 bits per heavy atom. The first kappa shape index (κ1) is 10.2. The maximum absolute atomic E-state index is 11.0. The minimum atomic E-state index is -0.677. The Kier molecular flexibility index (Phi) is 3.61. The number of hydrogen-bond acceptors (Lipinski definition) is 3. The largest absolute Gasteiger partial charge is 0.457 e. The van der Waals surface area contributed by atoms with Crippen LogP contribution in [0.3, 0.4) is 0 Å². The van der Waals surface area contributed by atoms with Gasteiger partial charge in [-0.25, -0.2) is 4.79 Å². The Morgan fingerprint density at radius 1 is 1.36 bits per heavy atom. The van der Waals surface area contributed by atoms with E-state index in [1.54, 1.807) is 0 Å². The molecular weight excluding hydrogens is 180 g/mol. The van der Waals surface area contributed by atoms with Crippen molar-refractivity contribution in [3.8, 4) is 0 Å². The molecule has 72 valence electrons. The van der Waals surface area contributed by atoms with Gasteiger partial charge in [-0.3, -0.25) is 4.79 Å². The lowest BCUT2D eigenvalue weighted by atomic mass is 10.2. The molecule has 0 aromatic heterocycles. The van der Waals surface area contributed by atoms with Gasteiger partial charge in [-0.05, 0) is 5.56 Å². The third kappa shape index (κ3) is 2.86. The van der Waals surface area contributed by atoms with E-state index < -0.39 is 5.97 Å². The van der Waals surface area contributed by atoms with Gasteiger partial charge in [-0.1, -0.05) is 36.9 Å².